The molecule has 0 aliphatic carbocycles. The summed E-state index contributed by atoms with van der Waals surface area (Å²) in [4.78, 5) is 13.6. The van der Waals surface area contributed by atoms with Crippen molar-refractivity contribution in [1.82, 2.24) is 10.2 Å². The van der Waals surface area contributed by atoms with Crippen molar-refractivity contribution in [3.8, 4) is 0 Å². The van der Waals surface area contributed by atoms with Gasteiger partial charge in [0, 0.05) is 32.2 Å². The smallest absolute Gasteiger partial charge is 0.410 e. The molecule has 1 fully saturated rings. The fourth-order valence-corrected chi connectivity index (χ4v) is 1.92. The number of nitrogens with one attached hydrogen (secondary N) is 1. The van der Waals surface area contributed by atoms with E-state index < -0.39 is 0 Å². The Labute approximate surface area is 107 Å². The Morgan fingerprint density at radius 1 is 1.44 bits per heavy atom. The first-order valence-electron chi connectivity index (χ1n) is 6.17. The maximum atomic E-state index is 11.9. The molecule has 1 saturated heterocycles. The molecule has 1 unspecified atom stereocenters. The summed E-state index contributed by atoms with van der Waals surface area (Å²) in [5.74, 6) is 0. The molecule has 1 aromatic carbocycles. The van der Waals surface area contributed by atoms with Crippen molar-refractivity contribution < 1.29 is 9.53 Å². The standard InChI is InChI=1S/C13H19N3O2/c14-12-8-15-6-7-16(9-12)13(17)18-10-11-4-2-1-3-5-11/h1-5,12,15H,6-10,14H2. The highest BCUT2D eigenvalue weighted by atomic mass is 16.6. The Hall–Kier alpha value is -1.59. The number of ether oxygens (including phenoxy) is 1. The number of hydrogen-bond donors (Lipinski definition) is 2. The average molecular weight is 249 g/mol. The zero-order valence-electron chi connectivity index (χ0n) is 10.3. The molecule has 98 valence electrons. The molecule has 1 aromatic rings. The predicted octanol–water partition coefficient (Wildman–Crippen LogP) is 0.556. The summed E-state index contributed by atoms with van der Waals surface area (Å²) in [5.41, 5.74) is 6.85. The first-order chi connectivity index (χ1) is 8.75. The van der Waals surface area contributed by atoms with Crippen molar-refractivity contribution in [3.05, 3.63) is 35.9 Å². The molecule has 0 bridgehead atoms. The number of nitrogens with two attached hydrogens (primary N) is 1. The van der Waals surface area contributed by atoms with Crippen LogP contribution < -0.4 is 11.1 Å². The first-order valence-corrected chi connectivity index (χ1v) is 6.17. The number of carbonyl (C=O) groups is 1. The van der Waals surface area contributed by atoms with Crippen LogP contribution in [-0.2, 0) is 11.3 Å². The van der Waals surface area contributed by atoms with Gasteiger partial charge in [-0.1, -0.05) is 30.3 Å². The molecule has 18 heavy (non-hydrogen) atoms. The van der Waals surface area contributed by atoms with Crippen molar-refractivity contribution in [3.63, 3.8) is 0 Å². The lowest BCUT2D eigenvalue weighted by molar-refractivity contribution is 0.0971. The van der Waals surface area contributed by atoms with E-state index >= 15 is 0 Å². The van der Waals surface area contributed by atoms with Crippen LogP contribution in [0.5, 0.6) is 0 Å². The third-order valence-corrected chi connectivity index (χ3v) is 2.88. The van der Waals surface area contributed by atoms with Gasteiger partial charge in [-0.15, -0.1) is 0 Å². The quantitative estimate of drug-likeness (QED) is 0.803. The topological polar surface area (TPSA) is 67.6 Å². The zero-order chi connectivity index (χ0) is 12.8. The van der Waals surface area contributed by atoms with Gasteiger partial charge in [0.2, 0.25) is 0 Å². The zero-order valence-corrected chi connectivity index (χ0v) is 10.3. The molecular formula is C13H19N3O2. The number of rotatable bonds is 2. The minimum Gasteiger partial charge on any atom is -0.445 e. The van der Waals surface area contributed by atoms with Crippen LogP contribution in [0.1, 0.15) is 5.56 Å². The molecule has 1 aliphatic heterocycles. The van der Waals surface area contributed by atoms with E-state index in [1.165, 1.54) is 0 Å². The molecule has 2 rings (SSSR count). The second-order valence-corrected chi connectivity index (χ2v) is 4.45. The fourth-order valence-electron chi connectivity index (χ4n) is 1.92. The molecule has 0 radical (unpaired) electrons. The van der Waals surface area contributed by atoms with Gasteiger partial charge in [-0.05, 0) is 5.56 Å². The minimum absolute atomic E-state index is 0.0308. The molecule has 1 heterocycles. The Kier molecular flexibility index (Phi) is 4.55. The van der Waals surface area contributed by atoms with Gasteiger partial charge in [0.1, 0.15) is 6.61 Å². The second kappa shape index (κ2) is 6.37. The second-order valence-electron chi connectivity index (χ2n) is 4.45. The molecule has 3 N–H and O–H groups in total. The summed E-state index contributed by atoms with van der Waals surface area (Å²) in [6.07, 6.45) is -0.294. The van der Waals surface area contributed by atoms with Crippen molar-refractivity contribution in [2.24, 2.45) is 5.73 Å². The third kappa shape index (κ3) is 3.72. The van der Waals surface area contributed by atoms with Crippen LogP contribution in [0.15, 0.2) is 30.3 Å². The molecule has 1 atom stereocenters. The molecule has 0 saturated carbocycles. The molecule has 5 nitrogen and oxygen atoms in total. The van der Waals surface area contributed by atoms with E-state index in [1.54, 1.807) is 4.90 Å². The SMILES string of the molecule is NC1CNCCN(C(=O)OCc2ccccc2)C1. The van der Waals surface area contributed by atoms with E-state index in [9.17, 15) is 4.79 Å². The van der Waals surface area contributed by atoms with Crippen molar-refractivity contribution in [2.75, 3.05) is 26.2 Å². The van der Waals surface area contributed by atoms with Crippen LogP contribution in [-0.4, -0.2) is 43.2 Å². The van der Waals surface area contributed by atoms with Gasteiger partial charge in [0.05, 0.1) is 0 Å². The van der Waals surface area contributed by atoms with E-state index in [0.717, 1.165) is 18.7 Å². The normalized spacial score (nSPS) is 20.3. The van der Waals surface area contributed by atoms with E-state index in [4.69, 9.17) is 10.5 Å². The Bertz CT molecular complexity index is 383. The fraction of sp³-hybridized carbons (Fsp3) is 0.462. The van der Waals surface area contributed by atoms with Crippen LogP contribution >= 0.6 is 0 Å². The van der Waals surface area contributed by atoms with E-state index in [-0.39, 0.29) is 12.1 Å². The lowest BCUT2D eigenvalue weighted by Gasteiger charge is -2.21. The van der Waals surface area contributed by atoms with Crippen LogP contribution in [0, 0.1) is 0 Å². The lowest BCUT2D eigenvalue weighted by Crippen LogP contribution is -2.41. The van der Waals surface area contributed by atoms with Gasteiger partial charge in [0.25, 0.3) is 0 Å². The van der Waals surface area contributed by atoms with Gasteiger partial charge in [0.15, 0.2) is 0 Å². The first kappa shape index (κ1) is 12.9. The number of amides is 1. The summed E-state index contributed by atoms with van der Waals surface area (Å²) >= 11 is 0. The molecular weight excluding hydrogens is 230 g/mol. The largest absolute Gasteiger partial charge is 0.445 e. The molecule has 1 amide bonds. The minimum atomic E-state index is -0.294. The van der Waals surface area contributed by atoms with Gasteiger partial charge in [-0.25, -0.2) is 4.79 Å². The molecule has 1 aliphatic rings. The Balaban J connectivity index is 1.83. The van der Waals surface area contributed by atoms with Gasteiger partial charge in [-0.3, -0.25) is 0 Å². The highest BCUT2D eigenvalue weighted by Crippen LogP contribution is 2.04. The highest BCUT2D eigenvalue weighted by molar-refractivity contribution is 5.67. The maximum Gasteiger partial charge on any atom is 0.410 e. The third-order valence-electron chi connectivity index (χ3n) is 2.88. The number of hydrogen-bond acceptors (Lipinski definition) is 4. The van der Waals surface area contributed by atoms with Crippen molar-refractivity contribution in [1.29, 1.82) is 0 Å². The molecule has 0 aromatic heterocycles. The van der Waals surface area contributed by atoms with Gasteiger partial charge >= 0.3 is 6.09 Å². The Morgan fingerprint density at radius 2 is 2.22 bits per heavy atom. The number of nitrogens with zero attached hydrogens (tertiary/aromatic N) is 1. The number of carbonyl (C=O) groups excluding carboxylic acids is 1. The van der Waals surface area contributed by atoms with Crippen molar-refractivity contribution in [2.45, 2.75) is 12.6 Å². The summed E-state index contributed by atoms with van der Waals surface area (Å²) in [5, 5.41) is 3.18. The monoisotopic (exact) mass is 249 g/mol. The van der Waals surface area contributed by atoms with E-state index in [0.29, 0.717) is 19.7 Å². The van der Waals surface area contributed by atoms with Crippen LogP contribution in [0.4, 0.5) is 4.79 Å². The summed E-state index contributed by atoms with van der Waals surface area (Å²) in [6.45, 7) is 2.98. The summed E-state index contributed by atoms with van der Waals surface area (Å²) in [7, 11) is 0. The molecule has 5 heteroatoms. The van der Waals surface area contributed by atoms with E-state index in [2.05, 4.69) is 5.32 Å². The Morgan fingerprint density at radius 3 is 3.00 bits per heavy atom. The lowest BCUT2D eigenvalue weighted by atomic mass is 10.2. The van der Waals surface area contributed by atoms with Crippen LogP contribution in [0.2, 0.25) is 0 Å². The summed E-state index contributed by atoms with van der Waals surface area (Å²) in [6, 6.07) is 9.62. The summed E-state index contributed by atoms with van der Waals surface area (Å²) < 4.78 is 5.28. The van der Waals surface area contributed by atoms with E-state index in [1.807, 2.05) is 30.3 Å². The maximum absolute atomic E-state index is 11.9. The highest BCUT2D eigenvalue weighted by Gasteiger charge is 2.20. The number of benzene rings is 1. The van der Waals surface area contributed by atoms with Gasteiger partial charge in [-0.2, -0.15) is 0 Å². The van der Waals surface area contributed by atoms with Crippen LogP contribution in [0.3, 0.4) is 0 Å². The van der Waals surface area contributed by atoms with Crippen molar-refractivity contribution >= 4 is 6.09 Å². The predicted molar refractivity (Wildman–Crippen MR) is 69.0 cm³/mol. The molecule has 0 spiro atoms. The van der Waals surface area contributed by atoms with Gasteiger partial charge < -0.3 is 20.7 Å². The van der Waals surface area contributed by atoms with Crippen LogP contribution in [0.25, 0.3) is 0 Å². The average Bonchev–Trinajstić information content (AvgIpc) is 2.62.